The number of hydrogen-bond donors (Lipinski definition) is 1. The van der Waals surface area contributed by atoms with Crippen LogP contribution in [0.15, 0.2) is 34.9 Å². The number of halogens is 1. The Bertz CT molecular complexity index is 982. The molecule has 1 aromatic carbocycles. The summed E-state index contributed by atoms with van der Waals surface area (Å²) in [7, 11) is 1.59. The van der Waals surface area contributed by atoms with Gasteiger partial charge in [-0.25, -0.2) is 4.39 Å². The molecule has 0 radical (unpaired) electrons. The molecule has 0 unspecified atom stereocenters. The Morgan fingerprint density at radius 1 is 1.22 bits per heavy atom. The molecule has 3 aliphatic rings. The maximum atomic E-state index is 13.7. The van der Waals surface area contributed by atoms with Crippen molar-refractivity contribution in [1.29, 1.82) is 0 Å². The van der Waals surface area contributed by atoms with Crippen LogP contribution in [0.2, 0.25) is 0 Å². The van der Waals surface area contributed by atoms with Gasteiger partial charge in [-0.1, -0.05) is 43.6 Å². The first-order valence-corrected chi connectivity index (χ1v) is 11.7. The predicted molar refractivity (Wildman–Crippen MR) is 120 cm³/mol. The lowest BCUT2D eigenvalue weighted by atomic mass is 9.69. The summed E-state index contributed by atoms with van der Waals surface area (Å²) in [4.78, 5) is 26.7. The Morgan fingerprint density at radius 3 is 2.69 bits per heavy atom. The van der Waals surface area contributed by atoms with E-state index < -0.39 is 5.82 Å². The minimum atomic E-state index is -0.619. The van der Waals surface area contributed by atoms with Crippen LogP contribution in [0, 0.1) is 23.6 Å². The standard InChI is InChI=1S/C26H32FNO4/c1-4-6-15(11-16-7-9-21(29)20(27)12-16)8-10-22-23-17(5-2)13-18-24(19(23)14-32-22)26(31)28(3)25(18)30/h7,9,11-12,18-19,22,24,29H,4-6,8,10,13-14H2,1-3H3/b15-11+/t18-,19+,22-,24-/m1/s1. The highest BCUT2D eigenvalue weighted by Crippen LogP contribution is 2.50. The molecule has 5 nitrogen and oxygen atoms in total. The molecule has 4 atom stereocenters. The van der Waals surface area contributed by atoms with Crippen LogP contribution in [0.25, 0.3) is 6.08 Å². The number of likely N-dealkylation sites (tertiary alicyclic amines) is 1. The number of imide groups is 1. The van der Waals surface area contributed by atoms with E-state index in [1.165, 1.54) is 33.8 Å². The Hall–Kier alpha value is -2.47. The number of allylic oxidation sites excluding steroid dienone is 2. The van der Waals surface area contributed by atoms with E-state index in [1.807, 2.05) is 6.08 Å². The zero-order valence-corrected chi connectivity index (χ0v) is 19.1. The monoisotopic (exact) mass is 441 g/mol. The summed E-state index contributed by atoms with van der Waals surface area (Å²) in [5.74, 6) is -1.60. The third kappa shape index (κ3) is 4.01. The first-order chi connectivity index (χ1) is 15.3. The molecule has 1 aromatic rings. The Kier molecular flexibility index (Phi) is 6.52. The largest absolute Gasteiger partial charge is 0.505 e. The Labute approximate surface area is 188 Å². The molecular weight excluding hydrogens is 409 g/mol. The van der Waals surface area contributed by atoms with Crippen molar-refractivity contribution in [2.75, 3.05) is 13.7 Å². The third-order valence-electron chi connectivity index (χ3n) is 7.30. The van der Waals surface area contributed by atoms with Crippen LogP contribution >= 0.6 is 0 Å². The topological polar surface area (TPSA) is 66.8 Å². The summed E-state index contributed by atoms with van der Waals surface area (Å²) in [5.41, 5.74) is 4.47. The fraction of sp³-hybridized carbons (Fsp3) is 0.538. The normalized spacial score (nSPS) is 27.9. The van der Waals surface area contributed by atoms with E-state index in [0.717, 1.165) is 37.7 Å². The average molecular weight is 442 g/mol. The highest BCUT2D eigenvalue weighted by Gasteiger charge is 2.55. The van der Waals surface area contributed by atoms with Gasteiger partial charge in [0.25, 0.3) is 0 Å². The quantitative estimate of drug-likeness (QED) is 0.485. The highest BCUT2D eigenvalue weighted by atomic mass is 19.1. The molecule has 2 heterocycles. The first-order valence-electron chi connectivity index (χ1n) is 11.7. The summed E-state index contributed by atoms with van der Waals surface area (Å²) < 4.78 is 20.0. The molecule has 172 valence electrons. The minimum Gasteiger partial charge on any atom is -0.505 e. The van der Waals surface area contributed by atoms with Gasteiger partial charge in [0.15, 0.2) is 11.6 Å². The fourth-order valence-electron chi connectivity index (χ4n) is 5.72. The van der Waals surface area contributed by atoms with Gasteiger partial charge in [-0.05, 0) is 55.4 Å². The van der Waals surface area contributed by atoms with E-state index in [0.29, 0.717) is 13.0 Å². The SMILES string of the molecule is CCC/C(=C\c1ccc(O)c(F)c1)CC[C@H]1OC[C@H]2C1=C(CC)C[C@H]1C(=O)N(C)C(=O)[C@H]12. The molecule has 4 rings (SSSR count). The lowest BCUT2D eigenvalue weighted by molar-refractivity contribution is -0.138. The van der Waals surface area contributed by atoms with Crippen molar-refractivity contribution in [3.05, 3.63) is 46.3 Å². The van der Waals surface area contributed by atoms with E-state index >= 15 is 0 Å². The smallest absolute Gasteiger partial charge is 0.233 e. The van der Waals surface area contributed by atoms with Crippen LogP contribution in [0.3, 0.4) is 0 Å². The summed E-state index contributed by atoms with van der Waals surface area (Å²) in [6.07, 6.45) is 6.99. The van der Waals surface area contributed by atoms with Crippen molar-refractivity contribution in [1.82, 2.24) is 4.90 Å². The van der Waals surface area contributed by atoms with Crippen LogP contribution in [-0.2, 0) is 14.3 Å². The molecule has 32 heavy (non-hydrogen) atoms. The zero-order chi connectivity index (χ0) is 23.0. The van der Waals surface area contributed by atoms with Gasteiger partial charge in [0.2, 0.25) is 11.8 Å². The summed E-state index contributed by atoms with van der Waals surface area (Å²) in [6.45, 7) is 4.72. The molecule has 2 aliphatic heterocycles. The van der Waals surface area contributed by atoms with Crippen molar-refractivity contribution in [2.45, 2.75) is 58.5 Å². The molecule has 0 saturated carbocycles. The summed E-state index contributed by atoms with van der Waals surface area (Å²) >= 11 is 0. The molecule has 1 N–H and O–H groups in total. The van der Waals surface area contributed by atoms with Gasteiger partial charge in [0.05, 0.1) is 24.5 Å². The van der Waals surface area contributed by atoms with Crippen LogP contribution in [0.4, 0.5) is 4.39 Å². The number of amides is 2. The number of rotatable bonds is 7. The van der Waals surface area contributed by atoms with Gasteiger partial charge >= 0.3 is 0 Å². The molecule has 1 aliphatic carbocycles. The Balaban J connectivity index is 1.53. The molecule has 2 amide bonds. The number of phenols is 1. The molecule has 0 aromatic heterocycles. The number of fused-ring (bicyclic) bond motifs is 3. The van der Waals surface area contributed by atoms with E-state index in [9.17, 15) is 19.1 Å². The van der Waals surface area contributed by atoms with Crippen LogP contribution in [-0.4, -0.2) is 41.6 Å². The second-order valence-corrected chi connectivity index (χ2v) is 9.21. The number of nitrogens with zero attached hydrogens (tertiary/aromatic N) is 1. The Morgan fingerprint density at radius 2 is 2.00 bits per heavy atom. The van der Waals surface area contributed by atoms with Gasteiger partial charge in [-0.15, -0.1) is 0 Å². The van der Waals surface area contributed by atoms with E-state index in [4.69, 9.17) is 4.74 Å². The van der Waals surface area contributed by atoms with Crippen molar-refractivity contribution in [3.63, 3.8) is 0 Å². The molecule has 2 fully saturated rings. The van der Waals surface area contributed by atoms with Gasteiger partial charge in [-0.2, -0.15) is 0 Å². The zero-order valence-electron chi connectivity index (χ0n) is 19.1. The molecule has 0 bridgehead atoms. The maximum absolute atomic E-state index is 13.7. The lowest BCUT2D eigenvalue weighted by Crippen LogP contribution is -2.33. The lowest BCUT2D eigenvalue weighted by Gasteiger charge is -2.31. The average Bonchev–Trinajstić information content (AvgIpc) is 3.29. The summed E-state index contributed by atoms with van der Waals surface area (Å²) in [6, 6.07) is 4.45. The van der Waals surface area contributed by atoms with Crippen LogP contribution in [0.1, 0.15) is 57.9 Å². The van der Waals surface area contributed by atoms with Gasteiger partial charge in [0, 0.05) is 13.0 Å². The number of hydrogen-bond acceptors (Lipinski definition) is 4. The summed E-state index contributed by atoms with van der Waals surface area (Å²) in [5, 5.41) is 9.44. The van der Waals surface area contributed by atoms with E-state index in [1.54, 1.807) is 13.1 Å². The molecule has 6 heteroatoms. The number of ether oxygens (including phenoxy) is 1. The second kappa shape index (κ2) is 9.18. The third-order valence-corrected chi connectivity index (χ3v) is 7.30. The number of phenolic OH excluding ortho intramolecular Hbond substituents is 1. The van der Waals surface area contributed by atoms with E-state index in [2.05, 4.69) is 13.8 Å². The van der Waals surface area contributed by atoms with Crippen molar-refractivity contribution in [3.8, 4) is 5.75 Å². The van der Waals surface area contributed by atoms with Crippen LogP contribution < -0.4 is 0 Å². The number of aromatic hydroxyl groups is 1. The minimum absolute atomic E-state index is 0.0000934. The molecular formula is C26H32FNO4. The van der Waals surface area contributed by atoms with Crippen molar-refractivity contribution < 1.29 is 23.8 Å². The fourth-order valence-corrected chi connectivity index (χ4v) is 5.72. The molecule has 0 spiro atoms. The number of carbonyl (C=O) groups is 2. The second-order valence-electron chi connectivity index (χ2n) is 9.21. The number of carbonyl (C=O) groups excluding carboxylic acids is 2. The van der Waals surface area contributed by atoms with E-state index in [-0.39, 0.29) is 41.4 Å². The van der Waals surface area contributed by atoms with Gasteiger partial charge in [-0.3, -0.25) is 14.5 Å². The van der Waals surface area contributed by atoms with Gasteiger partial charge in [0.1, 0.15) is 0 Å². The highest BCUT2D eigenvalue weighted by molar-refractivity contribution is 6.05. The predicted octanol–water partition coefficient (Wildman–Crippen LogP) is 4.85. The van der Waals surface area contributed by atoms with Crippen molar-refractivity contribution >= 4 is 17.9 Å². The first kappa shape index (κ1) is 22.7. The van der Waals surface area contributed by atoms with Crippen LogP contribution in [0.5, 0.6) is 5.75 Å². The maximum Gasteiger partial charge on any atom is 0.233 e. The van der Waals surface area contributed by atoms with Gasteiger partial charge < -0.3 is 9.84 Å². The van der Waals surface area contributed by atoms with Crippen molar-refractivity contribution in [2.24, 2.45) is 17.8 Å². The number of benzene rings is 1. The molecule has 2 saturated heterocycles.